The van der Waals surface area contributed by atoms with Crippen molar-refractivity contribution in [1.82, 2.24) is 10.3 Å². The van der Waals surface area contributed by atoms with Crippen LogP contribution in [0, 0.1) is 5.82 Å². The first-order valence-electron chi connectivity index (χ1n) is 6.07. The molecule has 1 N–H and O–H groups in total. The van der Waals surface area contributed by atoms with Gasteiger partial charge < -0.3 is 4.90 Å². The van der Waals surface area contributed by atoms with Crippen molar-refractivity contribution in [2.45, 2.75) is 6.04 Å². The summed E-state index contributed by atoms with van der Waals surface area (Å²) in [5.74, 6) is -0.232. The van der Waals surface area contributed by atoms with Crippen LogP contribution in [0.2, 0.25) is 0 Å². The van der Waals surface area contributed by atoms with Gasteiger partial charge in [-0.3, -0.25) is 10.3 Å². The van der Waals surface area contributed by atoms with Crippen molar-refractivity contribution >= 4 is 21.6 Å². The predicted molar refractivity (Wildman–Crippen MR) is 76.4 cm³/mol. The van der Waals surface area contributed by atoms with Gasteiger partial charge in [0, 0.05) is 24.6 Å². The number of hydrogen-bond acceptors (Lipinski definition) is 3. The van der Waals surface area contributed by atoms with E-state index in [4.69, 9.17) is 0 Å². The summed E-state index contributed by atoms with van der Waals surface area (Å²) in [7, 11) is 0. The second kappa shape index (κ2) is 5.27. The van der Waals surface area contributed by atoms with Crippen molar-refractivity contribution in [2.24, 2.45) is 0 Å². The molecule has 1 fully saturated rings. The standard InChI is InChI=1S/C14H13BrFN3/c15-12-2-1-11(7-13(12)16)19-8-14(18-9-19)10-3-5-17-6-4-10/h1-7,14,18H,8-9H2. The van der Waals surface area contributed by atoms with Crippen LogP contribution in [0.15, 0.2) is 47.2 Å². The number of hydrogen-bond donors (Lipinski definition) is 1. The van der Waals surface area contributed by atoms with E-state index in [0.717, 1.165) is 12.2 Å². The first-order valence-corrected chi connectivity index (χ1v) is 6.86. The molecule has 1 atom stereocenters. The summed E-state index contributed by atoms with van der Waals surface area (Å²) in [6.07, 6.45) is 3.58. The Labute approximate surface area is 119 Å². The van der Waals surface area contributed by atoms with Crippen LogP contribution in [0.4, 0.5) is 10.1 Å². The van der Waals surface area contributed by atoms with Crippen LogP contribution in [0.5, 0.6) is 0 Å². The Hall–Kier alpha value is -1.46. The third-order valence-corrected chi connectivity index (χ3v) is 3.95. The molecular formula is C14H13BrFN3. The Kier molecular flexibility index (Phi) is 3.48. The van der Waals surface area contributed by atoms with E-state index in [2.05, 4.69) is 31.1 Å². The fraction of sp³-hybridized carbons (Fsp3) is 0.214. The molecule has 1 aromatic carbocycles. The second-order valence-corrected chi connectivity index (χ2v) is 5.37. The third kappa shape index (κ3) is 2.62. The Morgan fingerprint density at radius 1 is 1.26 bits per heavy atom. The van der Waals surface area contributed by atoms with Gasteiger partial charge in [-0.2, -0.15) is 0 Å². The van der Waals surface area contributed by atoms with Gasteiger partial charge in [0.1, 0.15) is 5.82 Å². The molecule has 2 aromatic rings. The van der Waals surface area contributed by atoms with Gasteiger partial charge in [0.05, 0.1) is 17.2 Å². The number of halogens is 2. The summed E-state index contributed by atoms with van der Waals surface area (Å²) in [6, 6.07) is 9.48. The Morgan fingerprint density at radius 2 is 2.05 bits per heavy atom. The minimum Gasteiger partial charge on any atom is -0.357 e. The molecule has 0 spiro atoms. The van der Waals surface area contributed by atoms with E-state index in [1.165, 1.54) is 5.56 Å². The van der Waals surface area contributed by atoms with Crippen LogP contribution >= 0.6 is 15.9 Å². The van der Waals surface area contributed by atoms with Crippen LogP contribution in [-0.4, -0.2) is 18.2 Å². The van der Waals surface area contributed by atoms with Crippen LogP contribution < -0.4 is 10.2 Å². The van der Waals surface area contributed by atoms with Crippen LogP contribution in [0.25, 0.3) is 0 Å². The first-order chi connectivity index (χ1) is 9.24. The van der Waals surface area contributed by atoms with Gasteiger partial charge in [-0.15, -0.1) is 0 Å². The average molecular weight is 322 g/mol. The lowest BCUT2D eigenvalue weighted by atomic mass is 10.1. The fourth-order valence-corrected chi connectivity index (χ4v) is 2.51. The molecule has 98 valence electrons. The molecule has 0 saturated carbocycles. The predicted octanol–water partition coefficient (Wildman–Crippen LogP) is 3.09. The highest BCUT2D eigenvalue weighted by Gasteiger charge is 2.23. The largest absolute Gasteiger partial charge is 0.357 e. The van der Waals surface area contributed by atoms with Crippen molar-refractivity contribution in [3.05, 3.63) is 58.6 Å². The third-order valence-electron chi connectivity index (χ3n) is 3.31. The summed E-state index contributed by atoms with van der Waals surface area (Å²) in [6.45, 7) is 1.54. The Bertz CT molecular complexity index is 576. The quantitative estimate of drug-likeness (QED) is 0.921. The van der Waals surface area contributed by atoms with Crippen molar-refractivity contribution in [3.63, 3.8) is 0 Å². The molecule has 1 aliphatic rings. The maximum absolute atomic E-state index is 13.6. The first kappa shape index (κ1) is 12.6. The number of pyridine rings is 1. The van der Waals surface area contributed by atoms with Gasteiger partial charge in [0.15, 0.2) is 0 Å². The molecule has 0 aliphatic carbocycles. The van der Waals surface area contributed by atoms with E-state index in [1.807, 2.05) is 18.2 Å². The Morgan fingerprint density at radius 3 is 2.79 bits per heavy atom. The van der Waals surface area contributed by atoms with E-state index >= 15 is 0 Å². The van der Waals surface area contributed by atoms with Gasteiger partial charge in [-0.05, 0) is 51.8 Å². The summed E-state index contributed by atoms with van der Waals surface area (Å²) >= 11 is 3.17. The molecule has 5 heteroatoms. The lowest BCUT2D eigenvalue weighted by Gasteiger charge is -2.17. The van der Waals surface area contributed by atoms with Gasteiger partial charge in [0.2, 0.25) is 0 Å². The fourth-order valence-electron chi connectivity index (χ4n) is 2.27. The number of aromatic nitrogens is 1. The molecule has 1 aromatic heterocycles. The number of nitrogens with zero attached hydrogens (tertiary/aromatic N) is 2. The normalized spacial score (nSPS) is 18.8. The molecular weight excluding hydrogens is 309 g/mol. The monoisotopic (exact) mass is 321 g/mol. The molecule has 0 amide bonds. The maximum Gasteiger partial charge on any atom is 0.139 e. The van der Waals surface area contributed by atoms with Crippen LogP contribution in [0.1, 0.15) is 11.6 Å². The highest BCUT2D eigenvalue weighted by molar-refractivity contribution is 9.10. The topological polar surface area (TPSA) is 28.2 Å². The van der Waals surface area contributed by atoms with Gasteiger partial charge in [-0.1, -0.05) is 0 Å². The SMILES string of the molecule is Fc1cc(N2CNC(c3ccncc3)C2)ccc1Br. The minimum atomic E-state index is -0.232. The summed E-state index contributed by atoms with van der Waals surface area (Å²) in [5.41, 5.74) is 2.10. The number of anilines is 1. The number of rotatable bonds is 2. The van der Waals surface area contributed by atoms with Crippen molar-refractivity contribution in [3.8, 4) is 0 Å². The molecule has 19 heavy (non-hydrogen) atoms. The molecule has 3 nitrogen and oxygen atoms in total. The van der Waals surface area contributed by atoms with Gasteiger partial charge in [-0.25, -0.2) is 4.39 Å². The van der Waals surface area contributed by atoms with Crippen molar-refractivity contribution < 1.29 is 4.39 Å². The maximum atomic E-state index is 13.6. The molecule has 3 rings (SSSR count). The summed E-state index contributed by atoms with van der Waals surface area (Å²) in [5, 5.41) is 3.42. The van der Waals surface area contributed by atoms with E-state index in [1.54, 1.807) is 24.5 Å². The molecule has 2 heterocycles. The van der Waals surface area contributed by atoms with Crippen LogP contribution in [0.3, 0.4) is 0 Å². The van der Waals surface area contributed by atoms with E-state index in [0.29, 0.717) is 11.1 Å². The summed E-state index contributed by atoms with van der Waals surface area (Å²) in [4.78, 5) is 6.14. The number of nitrogens with one attached hydrogen (secondary N) is 1. The van der Waals surface area contributed by atoms with Crippen LogP contribution in [-0.2, 0) is 0 Å². The molecule has 1 saturated heterocycles. The zero-order valence-corrected chi connectivity index (χ0v) is 11.8. The molecule has 0 bridgehead atoms. The van der Waals surface area contributed by atoms with E-state index in [9.17, 15) is 4.39 Å². The average Bonchev–Trinajstić information content (AvgIpc) is 2.93. The smallest absolute Gasteiger partial charge is 0.139 e. The molecule has 1 aliphatic heterocycles. The summed E-state index contributed by atoms with van der Waals surface area (Å²) < 4.78 is 14.0. The second-order valence-electron chi connectivity index (χ2n) is 4.52. The zero-order valence-electron chi connectivity index (χ0n) is 10.2. The van der Waals surface area contributed by atoms with Gasteiger partial charge in [0.25, 0.3) is 0 Å². The molecule has 1 unspecified atom stereocenters. The zero-order chi connectivity index (χ0) is 13.2. The van der Waals surface area contributed by atoms with Gasteiger partial charge >= 0.3 is 0 Å². The number of benzene rings is 1. The highest BCUT2D eigenvalue weighted by atomic mass is 79.9. The van der Waals surface area contributed by atoms with Crippen molar-refractivity contribution in [1.29, 1.82) is 0 Å². The molecule has 0 radical (unpaired) electrons. The highest BCUT2D eigenvalue weighted by Crippen LogP contribution is 2.26. The van der Waals surface area contributed by atoms with E-state index < -0.39 is 0 Å². The minimum absolute atomic E-state index is 0.232. The lowest BCUT2D eigenvalue weighted by molar-refractivity contribution is 0.620. The van der Waals surface area contributed by atoms with E-state index in [-0.39, 0.29) is 11.9 Å². The lowest BCUT2D eigenvalue weighted by Crippen LogP contribution is -2.20. The van der Waals surface area contributed by atoms with Crippen molar-refractivity contribution in [2.75, 3.05) is 18.1 Å². The Balaban J connectivity index is 1.77.